The number of rotatable bonds is 8. The van der Waals surface area contributed by atoms with Crippen molar-refractivity contribution in [1.82, 2.24) is 20.1 Å². The monoisotopic (exact) mass is 238 g/mol. The summed E-state index contributed by atoms with van der Waals surface area (Å²) in [5.74, 6) is 1.36. The summed E-state index contributed by atoms with van der Waals surface area (Å²) in [5.41, 5.74) is 0. The zero-order valence-corrected chi connectivity index (χ0v) is 10.9. The average Bonchev–Trinajstić information content (AvgIpc) is 2.29. The average molecular weight is 238 g/mol. The lowest BCUT2D eigenvalue weighted by Crippen LogP contribution is -2.21. The van der Waals surface area contributed by atoms with Gasteiger partial charge in [0.05, 0.1) is 6.20 Å². The van der Waals surface area contributed by atoms with Crippen molar-refractivity contribution >= 4 is 11.8 Å². The van der Waals surface area contributed by atoms with Gasteiger partial charge in [-0.05, 0) is 20.5 Å². The van der Waals surface area contributed by atoms with Gasteiger partial charge in [0.25, 0.3) is 0 Å². The summed E-state index contributed by atoms with van der Waals surface area (Å²) in [6, 6.07) is 0. The smallest absolute Gasteiger partial charge is 0.244 e. The predicted octanol–water partition coefficient (Wildman–Crippen LogP) is 1.06. The minimum absolute atomic E-state index is 0.577. The van der Waals surface area contributed by atoms with Crippen molar-refractivity contribution in [2.75, 3.05) is 44.4 Å². The Balaban J connectivity index is 2.37. The summed E-state index contributed by atoms with van der Waals surface area (Å²) < 4.78 is 0. The maximum Gasteiger partial charge on any atom is 0.244 e. The van der Waals surface area contributed by atoms with Gasteiger partial charge in [-0.1, -0.05) is 13.3 Å². The fourth-order valence-electron chi connectivity index (χ4n) is 1.25. The van der Waals surface area contributed by atoms with Crippen molar-refractivity contribution < 1.29 is 0 Å². The summed E-state index contributed by atoms with van der Waals surface area (Å²) in [5, 5.41) is 14.2. The van der Waals surface area contributed by atoms with E-state index >= 15 is 0 Å². The zero-order chi connectivity index (χ0) is 12.5. The van der Waals surface area contributed by atoms with Crippen molar-refractivity contribution in [3.8, 4) is 0 Å². The van der Waals surface area contributed by atoms with Crippen LogP contribution in [0.15, 0.2) is 6.20 Å². The van der Waals surface area contributed by atoms with E-state index in [1.54, 1.807) is 6.20 Å². The predicted molar refractivity (Wildman–Crippen MR) is 70.3 cm³/mol. The molecule has 0 saturated heterocycles. The number of nitrogens with zero attached hydrogens (tertiary/aromatic N) is 4. The highest BCUT2D eigenvalue weighted by Gasteiger charge is 1.99. The number of hydrogen-bond donors (Lipinski definition) is 2. The molecule has 2 N–H and O–H groups in total. The number of aromatic nitrogens is 3. The van der Waals surface area contributed by atoms with Gasteiger partial charge in [0, 0.05) is 19.6 Å². The molecule has 0 amide bonds. The van der Waals surface area contributed by atoms with Crippen LogP contribution in [0.25, 0.3) is 0 Å². The van der Waals surface area contributed by atoms with Gasteiger partial charge >= 0.3 is 0 Å². The highest BCUT2D eigenvalue weighted by molar-refractivity contribution is 5.36. The summed E-state index contributed by atoms with van der Waals surface area (Å²) >= 11 is 0. The first-order valence-corrected chi connectivity index (χ1v) is 6.04. The third-order valence-electron chi connectivity index (χ3n) is 2.24. The molecular formula is C11H22N6. The molecule has 17 heavy (non-hydrogen) atoms. The molecule has 0 aliphatic rings. The lowest BCUT2D eigenvalue weighted by atomic mass is 10.3. The van der Waals surface area contributed by atoms with Gasteiger partial charge in [0.1, 0.15) is 5.82 Å². The molecule has 1 aromatic rings. The quantitative estimate of drug-likeness (QED) is 0.660. The molecular weight excluding hydrogens is 216 g/mol. The van der Waals surface area contributed by atoms with Crippen molar-refractivity contribution in [2.45, 2.75) is 19.8 Å². The third-order valence-corrected chi connectivity index (χ3v) is 2.24. The second-order valence-corrected chi connectivity index (χ2v) is 4.18. The van der Waals surface area contributed by atoms with Crippen molar-refractivity contribution in [2.24, 2.45) is 0 Å². The van der Waals surface area contributed by atoms with Gasteiger partial charge in [-0.15, -0.1) is 5.10 Å². The van der Waals surface area contributed by atoms with Crippen LogP contribution >= 0.6 is 0 Å². The van der Waals surface area contributed by atoms with Crippen LogP contribution in [0.5, 0.6) is 0 Å². The van der Waals surface area contributed by atoms with E-state index in [-0.39, 0.29) is 0 Å². The Kier molecular flexibility index (Phi) is 6.24. The van der Waals surface area contributed by atoms with Gasteiger partial charge in [0.2, 0.25) is 5.95 Å². The molecule has 0 fully saturated rings. The minimum atomic E-state index is 0.577. The Morgan fingerprint density at radius 3 is 2.76 bits per heavy atom. The minimum Gasteiger partial charge on any atom is -0.369 e. The first-order valence-electron chi connectivity index (χ1n) is 6.04. The SMILES string of the molecule is CCCCNc1cnnc(NCCN(C)C)n1. The second kappa shape index (κ2) is 7.78. The molecule has 0 atom stereocenters. The summed E-state index contributed by atoms with van der Waals surface area (Å²) in [6.07, 6.45) is 3.94. The number of unbranched alkanes of at least 4 members (excludes halogenated alkanes) is 1. The van der Waals surface area contributed by atoms with Gasteiger partial charge in [-0.2, -0.15) is 10.1 Å². The van der Waals surface area contributed by atoms with Crippen LogP contribution in [0.4, 0.5) is 11.8 Å². The largest absolute Gasteiger partial charge is 0.369 e. The van der Waals surface area contributed by atoms with E-state index in [0.29, 0.717) is 5.95 Å². The first-order chi connectivity index (χ1) is 8.22. The van der Waals surface area contributed by atoms with Crippen molar-refractivity contribution in [1.29, 1.82) is 0 Å². The van der Waals surface area contributed by atoms with Crippen molar-refractivity contribution in [3.63, 3.8) is 0 Å². The number of anilines is 2. The fourth-order valence-corrected chi connectivity index (χ4v) is 1.25. The van der Waals surface area contributed by atoms with Crippen LogP contribution in [0.3, 0.4) is 0 Å². The lowest BCUT2D eigenvalue weighted by Gasteiger charge is -2.10. The van der Waals surface area contributed by atoms with E-state index < -0.39 is 0 Å². The lowest BCUT2D eigenvalue weighted by molar-refractivity contribution is 0.425. The first kappa shape index (κ1) is 13.6. The Bertz CT molecular complexity index is 315. The molecule has 96 valence electrons. The summed E-state index contributed by atoms with van der Waals surface area (Å²) in [7, 11) is 4.06. The molecule has 0 bridgehead atoms. The normalized spacial score (nSPS) is 10.6. The summed E-state index contributed by atoms with van der Waals surface area (Å²) in [4.78, 5) is 6.43. The van der Waals surface area contributed by atoms with Gasteiger partial charge in [-0.3, -0.25) is 0 Å². The van der Waals surface area contributed by atoms with Crippen LogP contribution in [0.2, 0.25) is 0 Å². The van der Waals surface area contributed by atoms with Crippen molar-refractivity contribution in [3.05, 3.63) is 6.20 Å². The van der Waals surface area contributed by atoms with E-state index in [1.165, 1.54) is 6.42 Å². The molecule has 6 nitrogen and oxygen atoms in total. The molecule has 1 heterocycles. The Morgan fingerprint density at radius 2 is 2.06 bits per heavy atom. The number of likely N-dealkylation sites (N-methyl/N-ethyl adjacent to an activating group) is 1. The van der Waals surface area contributed by atoms with Gasteiger partial charge in [-0.25, -0.2) is 0 Å². The van der Waals surface area contributed by atoms with Crippen LogP contribution < -0.4 is 10.6 Å². The molecule has 0 radical (unpaired) electrons. The molecule has 0 aliphatic carbocycles. The molecule has 6 heteroatoms. The number of nitrogens with one attached hydrogen (secondary N) is 2. The maximum atomic E-state index is 4.33. The number of hydrogen-bond acceptors (Lipinski definition) is 6. The topological polar surface area (TPSA) is 66.0 Å². The standard InChI is InChI=1S/C11H22N6/c1-4-5-6-12-10-9-14-16-11(15-10)13-7-8-17(2)3/h9H,4-8H2,1-3H3,(H2,12,13,15,16). The molecule has 1 aromatic heterocycles. The molecule has 0 saturated carbocycles. The van der Waals surface area contributed by atoms with Gasteiger partial charge in [0.15, 0.2) is 0 Å². The van der Waals surface area contributed by atoms with E-state index in [4.69, 9.17) is 0 Å². The van der Waals surface area contributed by atoms with Gasteiger partial charge < -0.3 is 15.5 Å². The maximum absolute atomic E-state index is 4.33. The summed E-state index contributed by atoms with van der Waals surface area (Å²) in [6.45, 7) is 4.84. The van der Waals surface area contributed by atoms with E-state index in [2.05, 4.69) is 37.6 Å². The highest BCUT2D eigenvalue weighted by Crippen LogP contribution is 2.03. The van der Waals surface area contributed by atoms with Crippen LogP contribution in [-0.4, -0.2) is 53.8 Å². The second-order valence-electron chi connectivity index (χ2n) is 4.18. The fraction of sp³-hybridized carbons (Fsp3) is 0.727. The van der Waals surface area contributed by atoms with E-state index in [0.717, 1.165) is 31.9 Å². The van der Waals surface area contributed by atoms with Crippen LogP contribution in [-0.2, 0) is 0 Å². The molecule has 1 rings (SSSR count). The third kappa shape index (κ3) is 6.01. The Morgan fingerprint density at radius 1 is 1.24 bits per heavy atom. The molecule has 0 spiro atoms. The molecule has 0 unspecified atom stereocenters. The molecule has 0 aromatic carbocycles. The Labute approximate surface area is 103 Å². The van der Waals surface area contributed by atoms with E-state index in [9.17, 15) is 0 Å². The zero-order valence-electron chi connectivity index (χ0n) is 10.9. The molecule has 0 aliphatic heterocycles. The highest BCUT2D eigenvalue weighted by atomic mass is 15.3. The van der Waals surface area contributed by atoms with Crippen LogP contribution in [0.1, 0.15) is 19.8 Å². The Hall–Kier alpha value is -1.43. The van der Waals surface area contributed by atoms with Crippen LogP contribution in [0, 0.1) is 0 Å². The van der Waals surface area contributed by atoms with E-state index in [1.807, 2.05) is 14.1 Å².